The van der Waals surface area contributed by atoms with Gasteiger partial charge in [-0.1, -0.05) is 41.9 Å². The number of hydrogen-bond donors (Lipinski definition) is 1. The minimum Gasteiger partial charge on any atom is -0.489 e. The molecule has 0 amide bonds. The van der Waals surface area contributed by atoms with Crippen LogP contribution in [0.1, 0.15) is 11.1 Å². The number of nitrogens with one attached hydrogen (secondary N) is 1. The largest absolute Gasteiger partial charge is 0.489 e. The fourth-order valence-corrected chi connectivity index (χ4v) is 2.43. The first-order valence-corrected chi connectivity index (χ1v) is 8.49. The fraction of sp³-hybridized carbons (Fsp3) is 0.0500. The molecule has 27 heavy (non-hydrogen) atoms. The van der Waals surface area contributed by atoms with Gasteiger partial charge in [0.05, 0.1) is 16.8 Å². The zero-order chi connectivity index (χ0) is 19.1. The van der Waals surface area contributed by atoms with Gasteiger partial charge in [0.15, 0.2) is 0 Å². The van der Waals surface area contributed by atoms with Gasteiger partial charge < -0.3 is 4.74 Å². The lowest BCUT2D eigenvalue weighted by Crippen LogP contribution is -1.96. The summed E-state index contributed by atoms with van der Waals surface area (Å²) in [6.45, 7) is 0.434. The maximum atomic E-state index is 10.8. The molecule has 136 valence electrons. The third kappa shape index (κ3) is 5.55. The SMILES string of the molecule is O=[N+]([O-])c1cccc(NN=Cc2cccc(OCc3ccc(Cl)cc3)c2)c1. The van der Waals surface area contributed by atoms with Crippen LogP contribution in [-0.4, -0.2) is 11.1 Å². The van der Waals surface area contributed by atoms with Gasteiger partial charge in [-0.2, -0.15) is 5.10 Å². The summed E-state index contributed by atoms with van der Waals surface area (Å²) < 4.78 is 5.78. The number of hydrogen-bond acceptors (Lipinski definition) is 5. The van der Waals surface area contributed by atoms with Crippen molar-refractivity contribution in [1.29, 1.82) is 0 Å². The number of halogens is 1. The first kappa shape index (κ1) is 18.4. The maximum Gasteiger partial charge on any atom is 0.271 e. The summed E-state index contributed by atoms with van der Waals surface area (Å²) in [4.78, 5) is 10.3. The Morgan fingerprint density at radius 2 is 1.85 bits per heavy atom. The molecule has 0 aromatic heterocycles. The predicted molar refractivity (Wildman–Crippen MR) is 107 cm³/mol. The highest BCUT2D eigenvalue weighted by atomic mass is 35.5. The molecule has 0 heterocycles. The molecule has 7 heteroatoms. The van der Waals surface area contributed by atoms with Crippen LogP contribution in [0.5, 0.6) is 5.75 Å². The van der Waals surface area contributed by atoms with Crippen LogP contribution in [0.4, 0.5) is 11.4 Å². The van der Waals surface area contributed by atoms with E-state index in [0.717, 1.165) is 11.1 Å². The van der Waals surface area contributed by atoms with Crippen molar-refractivity contribution in [3.63, 3.8) is 0 Å². The average molecular weight is 382 g/mol. The van der Waals surface area contributed by atoms with Crippen LogP contribution in [0.15, 0.2) is 77.9 Å². The van der Waals surface area contributed by atoms with Gasteiger partial charge in [-0.25, -0.2) is 0 Å². The molecule has 6 nitrogen and oxygen atoms in total. The number of benzene rings is 3. The van der Waals surface area contributed by atoms with Crippen molar-refractivity contribution in [1.82, 2.24) is 0 Å². The number of ether oxygens (including phenoxy) is 1. The number of nitrogens with zero attached hydrogens (tertiary/aromatic N) is 2. The minimum atomic E-state index is -0.448. The van der Waals surface area contributed by atoms with Gasteiger partial charge >= 0.3 is 0 Å². The molecule has 0 spiro atoms. The van der Waals surface area contributed by atoms with Gasteiger partial charge in [-0.05, 0) is 41.5 Å². The van der Waals surface area contributed by atoms with E-state index in [0.29, 0.717) is 23.1 Å². The molecule has 0 aliphatic rings. The van der Waals surface area contributed by atoms with Crippen molar-refractivity contribution in [2.24, 2.45) is 5.10 Å². The van der Waals surface area contributed by atoms with Crippen LogP contribution in [-0.2, 0) is 6.61 Å². The number of rotatable bonds is 7. The van der Waals surface area contributed by atoms with Crippen LogP contribution in [0.3, 0.4) is 0 Å². The summed E-state index contributed by atoms with van der Waals surface area (Å²) in [5, 5.41) is 15.6. The van der Waals surface area contributed by atoms with E-state index in [1.165, 1.54) is 12.1 Å². The van der Waals surface area contributed by atoms with E-state index in [-0.39, 0.29) is 5.69 Å². The molecular formula is C20H16ClN3O3. The standard InChI is InChI=1S/C20H16ClN3O3/c21-17-9-7-15(8-10-17)14-27-20-6-1-3-16(11-20)13-22-23-18-4-2-5-19(12-18)24(25)26/h1-13,23H,14H2. The van der Waals surface area contributed by atoms with Crippen LogP contribution in [0, 0.1) is 10.1 Å². The van der Waals surface area contributed by atoms with Crippen molar-refractivity contribution in [3.05, 3.63) is 99.1 Å². The summed E-state index contributed by atoms with van der Waals surface area (Å²) in [6, 6.07) is 21.1. The Morgan fingerprint density at radius 1 is 1.07 bits per heavy atom. The molecular weight excluding hydrogens is 366 g/mol. The second-order valence-corrected chi connectivity index (χ2v) is 6.10. The van der Waals surface area contributed by atoms with E-state index in [9.17, 15) is 10.1 Å². The number of non-ortho nitro benzene ring substituents is 1. The Balaban J connectivity index is 1.60. The van der Waals surface area contributed by atoms with Gasteiger partial charge in [-0.3, -0.25) is 15.5 Å². The Hall–Kier alpha value is -3.38. The lowest BCUT2D eigenvalue weighted by atomic mass is 10.2. The predicted octanol–water partition coefficient (Wildman–Crippen LogP) is 5.27. The van der Waals surface area contributed by atoms with Crippen molar-refractivity contribution < 1.29 is 9.66 Å². The zero-order valence-electron chi connectivity index (χ0n) is 14.2. The fourth-order valence-electron chi connectivity index (χ4n) is 2.30. The van der Waals surface area contributed by atoms with E-state index in [1.54, 1.807) is 18.3 Å². The average Bonchev–Trinajstić information content (AvgIpc) is 2.68. The molecule has 0 unspecified atom stereocenters. The molecule has 3 aromatic carbocycles. The third-order valence-corrected chi connectivity index (χ3v) is 3.89. The lowest BCUT2D eigenvalue weighted by Gasteiger charge is -2.07. The van der Waals surface area contributed by atoms with E-state index >= 15 is 0 Å². The quantitative estimate of drug-likeness (QED) is 0.343. The molecule has 0 radical (unpaired) electrons. The van der Waals surface area contributed by atoms with Gasteiger partial charge in [0.2, 0.25) is 0 Å². The van der Waals surface area contributed by atoms with Crippen LogP contribution in [0.2, 0.25) is 5.02 Å². The number of anilines is 1. The van der Waals surface area contributed by atoms with Crippen LogP contribution >= 0.6 is 11.6 Å². The number of nitro groups is 1. The van der Waals surface area contributed by atoms with E-state index in [2.05, 4.69) is 10.5 Å². The normalized spacial score (nSPS) is 10.7. The highest BCUT2D eigenvalue weighted by molar-refractivity contribution is 6.30. The Kier molecular flexibility index (Phi) is 6.02. The second kappa shape index (κ2) is 8.82. The van der Waals surface area contributed by atoms with Crippen molar-refractivity contribution in [2.45, 2.75) is 6.61 Å². The number of hydrazone groups is 1. The van der Waals surface area contributed by atoms with Crippen LogP contribution in [0.25, 0.3) is 0 Å². The maximum absolute atomic E-state index is 10.8. The van der Waals surface area contributed by atoms with Gasteiger partial charge in [0, 0.05) is 17.2 Å². The molecule has 0 aliphatic carbocycles. The third-order valence-electron chi connectivity index (χ3n) is 3.64. The van der Waals surface area contributed by atoms with E-state index < -0.39 is 4.92 Å². The van der Waals surface area contributed by atoms with Gasteiger partial charge in [0.1, 0.15) is 12.4 Å². The Bertz CT molecular complexity index is 959. The highest BCUT2D eigenvalue weighted by Gasteiger charge is 2.04. The minimum absolute atomic E-state index is 0.00722. The van der Waals surface area contributed by atoms with Crippen LogP contribution < -0.4 is 10.2 Å². The second-order valence-electron chi connectivity index (χ2n) is 5.67. The van der Waals surface area contributed by atoms with Crippen molar-refractivity contribution in [3.8, 4) is 5.75 Å². The topological polar surface area (TPSA) is 76.8 Å². The monoisotopic (exact) mass is 381 g/mol. The first-order chi connectivity index (χ1) is 13.1. The summed E-state index contributed by atoms with van der Waals surface area (Å²) >= 11 is 5.87. The smallest absolute Gasteiger partial charge is 0.271 e. The molecule has 1 N–H and O–H groups in total. The summed E-state index contributed by atoms with van der Waals surface area (Å²) in [5.41, 5.74) is 5.18. The van der Waals surface area contributed by atoms with Gasteiger partial charge in [0.25, 0.3) is 5.69 Å². The number of nitro benzene ring substituents is 1. The van der Waals surface area contributed by atoms with Gasteiger partial charge in [-0.15, -0.1) is 0 Å². The molecule has 0 aliphatic heterocycles. The first-order valence-electron chi connectivity index (χ1n) is 8.11. The summed E-state index contributed by atoms with van der Waals surface area (Å²) in [5.74, 6) is 0.712. The van der Waals surface area contributed by atoms with Crippen molar-refractivity contribution >= 4 is 29.2 Å². The molecule has 0 saturated carbocycles. The summed E-state index contributed by atoms with van der Waals surface area (Å²) in [7, 11) is 0. The molecule has 3 rings (SSSR count). The Labute approximate surface area is 161 Å². The molecule has 0 atom stereocenters. The molecule has 0 saturated heterocycles. The van der Waals surface area contributed by atoms with E-state index in [4.69, 9.17) is 16.3 Å². The Morgan fingerprint density at radius 3 is 2.63 bits per heavy atom. The summed E-state index contributed by atoms with van der Waals surface area (Å²) in [6.07, 6.45) is 1.62. The highest BCUT2D eigenvalue weighted by Crippen LogP contribution is 2.18. The molecule has 0 bridgehead atoms. The lowest BCUT2D eigenvalue weighted by molar-refractivity contribution is -0.384. The van der Waals surface area contributed by atoms with Crippen molar-refractivity contribution in [2.75, 3.05) is 5.43 Å². The molecule has 3 aromatic rings. The molecule has 0 fully saturated rings. The van der Waals surface area contributed by atoms with E-state index in [1.807, 2.05) is 48.5 Å². The zero-order valence-corrected chi connectivity index (χ0v) is 15.0.